The highest BCUT2D eigenvalue weighted by Gasteiger charge is 2.05. The summed E-state index contributed by atoms with van der Waals surface area (Å²) < 4.78 is 1.18. The smallest absolute Gasteiger partial charge is 0.0356 e. The predicted molar refractivity (Wildman–Crippen MR) is 76.1 cm³/mol. The molecule has 0 nitrogen and oxygen atoms in total. The van der Waals surface area contributed by atoms with E-state index in [1.54, 1.807) is 0 Å². The van der Waals surface area contributed by atoms with Crippen LogP contribution in [-0.4, -0.2) is 0 Å². The van der Waals surface area contributed by atoms with E-state index >= 15 is 0 Å². The summed E-state index contributed by atoms with van der Waals surface area (Å²) in [5.41, 5.74) is 1.30. The fourth-order valence-corrected chi connectivity index (χ4v) is 3.39. The van der Waals surface area contributed by atoms with Crippen LogP contribution in [0.1, 0.15) is 24.6 Å². The second-order valence-corrected chi connectivity index (χ2v) is 5.87. The van der Waals surface area contributed by atoms with Crippen molar-refractivity contribution < 1.29 is 0 Å². The molecule has 2 heteroatoms. The third-order valence-corrected chi connectivity index (χ3v) is 4.45. The summed E-state index contributed by atoms with van der Waals surface area (Å²) in [5.74, 6) is 0. The van der Waals surface area contributed by atoms with Gasteiger partial charge in [0.1, 0.15) is 0 Å². The predicted octanol–water partition coefficient (Wildman–Crippen LogP) is 5.52. The monoisotopic (exact) mass is 294 g/mol. The lowest BCUT2D eigenvalue weighted by Crippen LogP contribution is -1.76. The van der Waals surface area contributed by atoms with Crippen molar-refractivity contribution in [3.05, 3.63) is 45.7 Å². The van der Waals surface area contributed by atoms with Crippen LogP contribution in [0.3, 0.4) is 0 Å². The van der Waals surface area contributed by atoms with Crippen LogP contribution < -0.4 is 0 Å². The van der Waals surface area contributed by atoms with Crippen molar-refractivity contribution in [2.75, 3.05) is 0 Å². The second kappa shape index (κ2) is 5.65. The maximum atomic E-state index is 3.60. The minimum Gasteiger partial charge on any atom is -0.140 e. The lowest BCUT2D eigenvalue weighted by molar-refractivity contribution is 0.804. The maximum Gasteiger partial charge on any atom is 0.0356 e. The minimum absolute atomic E-state index is 1.18. The number of hydrogen-bond donors (Lipinski definition) is 0. The van der Waals surface area contributed by atoms with Crippen LogP contribution in [0.15, 0.2) is 40.9 Å². The van der Waals surface area contributed by atoms with Crippen molar-refractivity contribution in [2.24, 2.45) is 0 Å². The molecule has 0 saturated heterocycles. The Bertz CT molecular complexity index is 459. The Kier molecular flexibility index (Phi) is 4.19. The van der Waals surface area contributed by atoms with Crippen molar-refractivity contribution in [1.29, 1.82) is 0 Å². The lowest BCUT2D eigenvalue weighted by Gasteiger charge is -2.00. The first kappa shape index (κ1) is 11.9. The highest BCUT2D eigenvalue weighted by atomic mass is 79.9. The molecule has 0 amide bonds. The topological polar surface area (TPSA) is 0 Å². The average Bonchev–Trinajstić information content (AvgIpc) is 2.75. The van der Waals surface area contributed by atoms with Gasteiger partial charge in [0.2, 0.25) is 0 Å². The van der Waals surface area contributed by atoms with E-state index in [1.807, 2.05) is 11.3 Å². The van der Waals surface area contributed by atoms with E-state index in [0.29, 0.717) is 0 Å². The molecule has 2 aromatic rings. The van der Waals surface area contributed by atoms with E-state index in [1.165, 1.54) is 39.1 Å². The Balaban J connectivity index is 2.22. The molecule has 1 aromatic carbocycles. The molecule has 16 heavy (non-hydrogen) atoms. The van der Waals surface area contributed by atoms with Crippen molar-refractivity contribution in [3.8, 4) is 10.4 Å². The van der Waals surface area contributed by atoms with Gasteiger partial charge in [-0.05, 0) is 31.0 Å². The van der Waals surface area contributed by atoms with Crippen molar-refractivity contribution in [3.63, 3.8) is 0 Å². The van der Waals surface area contributed by atoms with Crippen LogP contribution >= 0.6 is 27.3 Å². The average molecular weight is 295 g/mol. The van der Waals surface area contributed by atoms with E-state index < -0.39 is 0 Å². The number of benzene rings is 1. The fourth-order valence-electron chi connectivity index (χ4n) is 1.67. The molecule has 1 heterocycles. The Hall–Kier alpha value is -0.600. The van der Waals surface area contributed by atoms with E-state index in [0.717, 1.165) is 0 Å². The summed E-state index contributed by atoms with van der Waals surface area (Å²) >= 11 is 5.51. The third kappa shape index (κ3) is 2.74. The molecule has 0 aliphatic rings. The molecule has 0 aliphatic carbocycles. The number of rotatable bonds is 4. The molecular formula is C14H15BrS. The first-order valence-electron chi connectivity index (χ1n) is 5.65. The summed E-state index contributed by atoms with van der Waals surface area (Å²) in [5, 5.41) is 0. The molecule has 0 spiro atoms. The Morgan fingerprint density at radius 1 is 1.12 bits per heavy atom. The number of aryl methyl sites for hydroxylation is 1. The quantitative estimate of drug-likeness (QED) is 0.696. The minimum atomic E-state index is 1.18. The van der Waals surface area contributed by atoms with Gasteiger partial charge >= 0.3 is 0 Å². The Labute approximate surface area is 109 Å². The van der Waals surface area contributed by atoms with Gasteiger partial charge in [-0.15, -0.1) is 11.3 Å². The van der Waals surface area contributed by atoms with Gasteiger partial charge in [0, 0.05) is 19.8 Å². The first-order chi connectivity index (χ1) is 7.81. The molecule has 0 aliphatic heterocycles. The van der Waals surface area contributed by atoms with Gasteiger partial charge in [-0.1, -0.05) is 47.5 Å². The normalized spacial score (nSPS) is 10.6. The van der Waals surface area contributed by atoms with Gasteiger partial charge in [-0.3, -0.25) is 0 Å². The zero-order chi connectivity index (χ0) is 11.4. The number of halogens is 1. The molecule has 0 saturated carbocycles. The molecule has 0 bridgehead atoms. The molecule has 0 atom stereocenters. The zero-order valence-corrected chi connectivity index (χ0v) is 11.8. The van der Waals surface area contributed by atoms with Gasteiger partial charge in [0.15, 0.2) is 0 Å². The fraction of sp³-hybridized carbons (Fsp3) is 0.286. The summed E-state index contributed by atoms with van der Waals surface area (Å²) in [6, 6.07) is 12.9. The number of thiophene rings is 1. The van der Waals surface area contributed by atoms with Crippen LogP contribution in [0.4, 0.5) is 0 Å². The van der Waals surface area contributed by atoms with E-state index in [2.05, 4.69) is 59.3 Å². The first-order valence-corrected chi connectivity index (χ1v) is 7.26. The van der Waals surface area contributed by atoms with Gasteiger partial charge in [0.25, 0.3) is 0 Å². The van der Waals surface area contributed by atoms with Crippen LogP contribution in [0.25, 0.3) is 10.4 Å². The molecule has 2 rings (SSSR count). The van der Waals surface area contributed by atoms with E-state index in [9.17, 15) is 0 Å². The van der Waals surface area contributed by atoms with Gasteiger partial charge in [-0.25, -0.2) is 0 Å². The van der Waals surface area contributed by atoms with Crippen molar-refractivity contribution >= 4 is 27.3 Å². The second-order valence-electron chi connectivity index (χ2n) is 3.85. The largest absolute Gasteiger partial charge is 0.140 e. The maximum absolute atomic E-state index is 3.60. The molecule has 1 aromatic heterocycles. The van der Waals surface area contributed by atoms with Crippen LogP contribution in [0.5, 0.6) is 0 Å². The van der Waals surface area contributed by atoms with Crippen LogP contribution in [0, 0.1) is 0 Å². The lowest BCUT2D eigenvalue weighted by atomic mass is 10.2. The molecular weight excluding hydrogens is 280 g/mol. The van der Waals surface area contributed by atoms with Crippen molar-refractivity contribution in [1.82, 2.24) is 0 Å². The van der Waals surface area contributed by atoms with E-state index in [4.69, 9.17) is 0 Å². The summed E-state index contributed by atoms with van der Waals surface area (Å²) in [6.07, 6.45) is 3.77. The molecule has 0 fully saturated rings. The molecule has 0 unspecified atom stereocenters. The molecule has 0 N–H and O–H groups in total. The van der Waals surface area contributed by atoms with Crippen molar-refractivity contribution in [2.45, 2.75) is 26.2 Å². The molecule has 84 valence electrons. The molecule has 0 radical (unpaired) electrons. The highest BCUT2D eigenvalue weighted by Crippen LogP contribution is 2.33. The summed E-state index contributed by atoms with van der Waals surface area (Å²) in [4.78, 5) is 2.85. The van der Waals surface area contributed by atoms with Gasteiger partial charge in [0.05, 0.1) is 0 Å². The summed E-state index contributed by atoms with van der Waals surface area (Å²) in [7, 11) is 0. The Morgan fingerprint density at radius 3 is 2.69 bits per heavy atom. The van der Waals surface area contributed by atoms with Gasteiger partial charge in [-0.2, -0.15) is 0 Å². The third-order valence-electron chi connectivity index (χ3n) is 2.58. The highest BCUT2D eigenvalue weighted by molar-refractivity contribution is 9.10. The zero-order valence-electron chi connectivity index (χ0n) is 9.37. The number of hydrogen-bond acceptors (Lipinski definition) is 1. The van der Waals surface area contributed by atoms with Crippen LogP contribution in [0.2, 0.25) is 0 Å². The Morgan fingerprint density at radius 2 is 1.94 bits per heavy atom. The standard InChI is InChI=1S/C14H15BrS/c1-2-3-6-11-9-10-14(16-11)12-7-4-5-8-13(12)15/h4-5,7-10H,2-3,6H2,1H3. The van der Waals surface area contributed by atoms with Gasteiger partial charge < -0.3 is 0 Å². The number of unbranched alkanes of at least 4 members (excludes halogenated alkanes) is 1. The summed E-state index contributed by atoms with van der Waals surface area (Å²) in [6.45, 7) is 2.24. The van der Waals surface area contributed by atoms with Crippen LogP contribution in [-0.2, 0) is 6.42 Å². The SMILES string of the molecule is CCCCc1ccc(-c2ccccc2Br)s1. The van der Waals surface area contributed by atoms with E-state index in [-0.39, 0.29) is 0 Å².